The summed E-state index contributed by atoms with van der Waals surface area (Å²) in [5.74, 6) is 0.176. The van der Waals surface area contributed by atoms with E-state index >= 15 is 0 Å². The predicted octanol–water partition coefficient (Wildman–Crippen LogP) is 2.55. The van der Waals surface area contributed by atoms with Gasteiger partial charge >= 0.3 is 0 Å². The quantitative estimate of drug-likeness (QED) is 0.276. The van der Waals surface area contributed by atoms with Gasteiger partial charge in [0.15, 0.2) is 5.96 Å². The zero-order chi connectivity index (χ0) is 22.4. The fraction of sp³-hybridized carbons (Fsp3) is 0.905. The van der Waals surface area contributed by atoms with Gasteiger partial charge in [-0.3, -0.25) is 15.5 Å². The molecular formula is C21H36ClF2N5O2. The molecule has 0 aromatic rings. The number of guanidine groups is 1. The topological polar surface area (TPSA) is 86.8 Å². The first-order valence-electron chi connectivity index (χ1n) is 11.4. The van der Waals surface area contributed by atoms with Crippen LogP contribution in [-0.4, -0.2) is 61.6 Å². The first-order chi connectivity index (χ1) is 14.8. The first-order valence-corrected chi connectivity index (χ1v) is 11.8. The Balaban J connectivity index is 1.60. The van der Waals surface area contributed by atoms with Crippen LogP contribution < -0.4 is 21.5 Å². The molecule has 1 saturated heterocycles. The molecule has 10 heteroatoms. The van der Waals surface area contributed by atoms with Crippen LogP contribution in [0.15, 0.2) is 4.99 Å². The third-order valence-electron chi connectivity index (χ3n) is 6.46. The van der Waals surface area contributed by atoms with E-state index in [0.29, 0.717) is 31.8 Å². The minimum Gasteiger partial charge on any atom is -0.383 e. The van der Waals surface area contributed by atoms with Crippen LogP contribution in [0.1, 0.15) is 58.3 Å². The Hall–Kier alpha value is -1.03. The van der Waals surface area contributed by atoms with Crippen LogP contribution in [0.25, 0.3) is 0 Å². The number of hydrazine groups is 1. The average molecular weight is 464 g/mol. The van der Waals surface area contributed by atoms with Crippen molar-refractivity contribution in [2.45, 2.75) is 94.3 Å². The van der Waals surface area contributed by atoms with Crippen molar-refractivity contribution < 1.29 is 18.3 Å². The minimum atomic E-state index is -1.09. The maximum atomic E-state index is 13.8. The Morgan fingerprint density at radius 2 is 1.81 bits per heavy atom. The number of carbonyl (C=O) groups excluding carboxylic acids is 1. The summed E-state index contributed by atoms with van der Waals surface area (Å²) in [5, 5.41) is 6.30. The van der Waals surface area contributed by atoms with Crippen molar-refractivity contribution >= 4 is 23.5 Å². The third-order valence-corrected chi connectivity index (χ3v) is 6.90. The number of alkyl halides is 3. The van der Waals surface area contributed by atoms with Crippen LogP contribution in [0.5, 0.6) is 0 Å². The molecule has 0 aromatic carbocycles. The summed E-state index contributed by atoms with van der Waals surface area (Å²) in [6, 6.07) is -0.108. The molecule has 5 atom stereocenters. The molecule has 2 saturated carbocycles. The third kappa shape index (κ3) is 7.51. The molecule has 1 amide bonds. The molecule has 3 aliphatic rings. The van der Waals surface area contributed by atoms with Gasteiger partial charge in [0, 0.05) is 43.3 Å². The van der Waals surface area contributed by atoms with Crippen molar-refractivity contribution in [2.24, 2.45) is 16.8 Å². The Bertz CT molecular complexity index is 611. The van der Waals surface area contributed by atoms with Gasteiger partial charge in [0.25, 0.3) is 0 Å². The maximum absolute atomic E-state index is 13.8. The van der Waals surface area contributed by atoms with Gasteiger partial charge in [0.05, 0.1) is 6.61 Å². The minimum absolute atomic E-state index is 0.00134. The second-order valence-corrected chi connectivity index (χ2v) is 9.84. The molecule has 3 fully saturated rings. The molecule has 0 bridgehead atoms. The molecule has 4 unspecified atom stereocenters. The van der Waals surface area contributed by atoms with E-state index in [1.165, 1.54) is 0 Å². The van der Waals surface area contributed by atoms with Crippen LogP contribution in [0.3, 0.4) is 0 Å². The van der Waals surface area contributed by atoms with Crippen molar-refractivity contribution in [3.63, 3.8) is 0 Å². The van der Waals surface area contributed by atoms with Crippen LogP contribution in [0.2, 0.25) is 0 Å². The summed E-state index contributed by atoms with van der Waals surface area (Å²) in [7, 11) is 1.62. The number of amides is 1. The van der Waals surface area contributed by atoms with E-state index in [4.69, 9.17) is 16.3 Å². The monoisotopic (exact) mass is 463 g/mol. The molecular weight excluding hydrogens is 428 g/mol. The highest BCUT2D eigenvalue weighted by atomic mass is 35.5. The van der Waals surface area contributed by atoms with Crippen molar-refractivity contribution in [2.75, 3.05) is 13.7 Å². The summed E-state index contributed by atoms with van der Waals surface area (Å²) in [4.78, 5) is 17.4. The smallest absolute Gasteiger partial charge is 0.229 e. The molecule has 3 rings (SSSR count). The van der Waals surface area contributed by atoms with Gasteiger partial charge in [-0.05, 0) is 51.4 Å². The maximum Gasteiger partial charge on any atom is 0.229 e. The molecule has 1 heterocycles. The molecule has 0 radical (unpaired) electrons. The van der Waals surface area contributed by atoms with Crippen LogP contribution in [0.4, 0.5) is 8.78 Å². The van der Waals surface area contributed by atoms with Gasteiger partial charge in [0.2, 0.25) is 5.91 Å². The number of aliphatic imine (C=N–C) groups is 1. The number of rotatable bonds is 6. The van der Waals surface area contributed by atoms with Gasteiger partial charge in [-0.1, -0.05) is 0 Å². The number of carbonyl (C=O) groups is 1. The lowest BCUT2D eigenvalue weighted by Gasteiger charge is -2.31. The van der Waals surface area contributed by atoms with Crippen LogP contribution in [-0.2, 0) is 9.53 Å². The van der Waals surface area contributed by atoms with E-state index in [2.05, 4.69) is 26.5 Å². The van der Waals surface area contributed by atoms with E-state index in [1.54, 1.807) is 7.11 Å². The van der Waals surface area contributed by atoms with Gasteiger partial charge in [-0.25, -0.2) is 19.2 Å². The zero-order valence-corrected chi connectivity index (χ0v) is 19.1. The number of halogens is 3. The van der Waals surface area contributed by atoms with Gasteiger partial charge in [0.1, 0.15) is 18.5 Å². The van der Waals surface area contributed by atoms with E-state index in [0.717, 1.165) is 25.7 Å². The summed E-state index contributed by atoms with van der Waals surface area (Å²) in [6.07, 6.45) is 2.05. The fourth-order valence-electron chi connectivity index (χ4n) is 4.83. The van der Waals surface area contributed by atoms with Crippen LogP contribution >= 0.6 is 11.6 Å². The fourth-order valence-corrected chi connectivity index (χ4v) is 5.08. The molecule has 2 aliphatic carbocycles. The van der Waals surface area contributed by atoms with E-state index < -0.39 is 12.3 Å². The largest absolute Gasteiger partial charge is 0.383 e. The summed E-state index contributed by atoms with van der Waals surface area (Å²) in [6.45, 7) is 2.40. The normalized spacial score (nSPS) is 38.0. The predicted molar refractivity (Wildman–Crippen MR) is 117 cm³/mol. The Kier molecular flexibility index (Phi) is 9.31. The van der Waals surface area contributed by atoms with Crippen LogP contribution in [0, 0.1) is 11.8 Å². The molecule has 0 aromatic heterocycles. The average Bonchev–Trinajstić information content (AvgIpc) is 3.16. The van der Waals surface area contributed by atoms with E-state index in [1.807, 2.05) is 6.92 Å². The summed E-state index contributed by atoms with van der Waals surface area (Å²) >= 11 is 6.16. The lowest BCUT2D eigenvalue weighted by Crippen LogP contribution is -2.49. The van der Waals surface area contributed by atoms with Gasteiger partial charge in [-0.15, -0.1) is 11.6 Å². The molecule has 4 N–H and O–H groups in total. The second kappa shape index (κ2) is 11.7. The standard InChI is InChI=1S/C21H36ClF2N5O2/c1-12(11-31-2)25-21(27-20(30)13-3-5-15(22)6-4-13)26-19-10-18(28-29-19)14-7-16(23)9-17(24)8-14/h12-19,28-29H,3-11H2,1-2H3,(H2,25,26,27,30)/t12-,13?,14?,15?,16?,17?,18?,19?/m0/s1. The van der Waals surface area contributed by atoms with Gasteiger partial charge < -0.3 is 10.1 Å². The highest BCUT2D eigenvalue weighted by Gasteiger charge is 2.37. The molecule has 31 heavy (non-hydrogen) atoms. The second-order valence-electron chi connectivity index (χ2n) is 9.23. The van der Waals surface area contributed by atoms with Crippen molar-refractivity contribution in [1.82, 2.24) is 21.5 Å². The number of nitrogens with one attached hydrogen (secondary N) is 4. The van der Waals surface area contributed by atoms with Crippen molar-refractivity contribution in [1.29, 1.82) is 0 Å². The van der Waals surface area contributed by atoms with E-state index in [9.17, 15) is 13.6 Å². The molecule has 1 aliphatic heterocycles. The first kappa shape index (κ1) is 24.6. The number of hydrogen-bond acceptors (Lipinski definition) is 5. The SMILES string of the molecule is COC[C@H](C)N/C(=N\C1CC(C2CC(F)CC(F)C2)NN1)NC(=O)C1CCC(Cl)CC1. The number of ether oxygens (including phenoxy) is 1. The highest BCUT2D eigenvalue weighted by molar-refractivity contribution is 6.20. The highest BCUT2D eigenvalue weighted by Crippen LogP contribution is 2.33. The Morgan fingerprint density at radius 3 is 2.45 bits per heavy atom. The van der Waals surface area contributed by atoms with E-state index in [-0.39, 0.29) is 47.8 Å². The molecule has 178 valence electrons. The Labute approximate surface area is 188 Å². The van der Waals surface area contributed by atoms with Crippen molar-refractivity contribution in [3.05, 3.63) is 0 Å². The molecule has 7 nitrogen and oxygen atoms in total. The lowest BCUT2D eigenvalue weighted by molar-refractivity contribution is -0.124. The number of nitrogens with zero attached hydrogens (tertiary/aromatic N) is 1. The number of methoxy groups -OCH3 is 1. The van der Waals surface area contributed by atoms with Crippen molar-refractivity contribution in [3.8, 4) is 0 Å². The lowest BCUT2D eigenvalue weighted by atomic mass is 9.81. The number of hydrogen-bond donors (Lipinski definition) is 4. The molecule has 0 spiro atoms. The Morgan fingerprint density at radius 1 is 1.13 bits per heavy atom. The van der Waals surface area contributed by atoms with Gasteiger partial charge in [-0.2, -0.15) is 0 Å². The summed E-state index contributed by atoms with van der Waals surface area (Å²) in [5.41, 5.74) is 6.26. The summed E-state index contributed by atoms with van der Waals surface area (Å²) < 4.78 is 32.8. The zero-order valence-electron chi connectivity index (χ0n) is 18.4.